The van der Waals surface area contributed by atoms with Gasteiger partial charge < -0.3 is 18.3 Å². The minimum absolute atomic E-state index is 0.645. The molecule has 0 saturated heterocycles. The zero-order chi connectivity index (χ0) is 80.3. The topological polar surface area (TPSA) is 24.1 Å². The van der Waals surface area contributed by atoms with E-state index < -0.39 is 8.07 Å². The largest absolute Gasteiger partial charge is 0.309 e. The third-order valence-electron chi connectivity index (χ3n) is 24.6. The van der Waals surface area contributed by atoms with E-state index >= 15 is 0 Å². The Balaban J connectivity index is 0.000000151. The molecule has 0 spiro atoms. The quantitative estimate of drug-likeness (QED) is 0.0589. The summed E-state index contributed by atoms with van der Waals surface area (Å²) in [4.78, 5) is 3.76. The van der Waals surface area contributed by atoms with Crippen LogP contribution in [0.1, 0.15) is 0 Å². The zero-order valence-corrected chi connectivity index (χ0v) is 67.2. The number of hydrogen-bond donors (Lipinski definition) is 0. The molecular weight excluding hydrogens is 1480 g/mol. The van der Waals surface area contributed by atoms with Gasteiger partial charge in [0.1, 0.15) is 0 Å². The first kappa shape index (κ1) is 71.6. The Morgan fingerprint density at radius 2 is 0.397 bits per heavy atom. The van der Waals surface area contributed by atoms with Crippen molar-refractivity contribution in [2.75, 3.05) is 0 Å². The zero-order valence-electron chi connectivity index (χ0n) is 66.2. The normalized spacial score (nSPS) is 11.6. The Hall–Kier alpha value is -15.9. The van der Waals surface area contributed by atoms with Gasteiger partial charge in [0.2, 0.25) is 0 Å². The van der Waals surface area contributed by atoms with Gasteiger partial charge in [-0.25, -0.2) is 4.85 Å². The van der Waals surface area contributed by atoms with Crippen molar-refractivity contribution in [2.45, 2.75) is 0 Å². The van der Waals surface area contributed by atoms with E-state index in [-0.39, 0.29) is 0 Å². The van der Waals surface area contributed by atoms with Gasteiger partial charge in [0.15, 0.2) is 13.8 Å². The van der Waals surface area contributed by atoms with Crippen LogP contribution in [-0.2, 0) is 0 Å². The number of hydrogen-bond acceptors (Lipinski definition) is 0. The number of para-hydroxylation sites is 4. The molecule has 0 aliphatic rings. The van der Waals surface area contributed by atoms with Gasteiger partial charge >= 0.3 is 0 Å². The Morgan fingerprint density at radius 3 is 0.736 bits per heavy atom. The lowest BCUT2D eigenvalue weighted by atomic mass is 9.97. The van der Waals surface area contributed by atoms with Crippen molar-refractivity contribution in [3.8, 4) is 89.5 Å². The minimum atomic E-state index is -2.79. The maximum absolute atomic E-state index is 7.70. The third kappa shape index (κ3) is 12.5. The van der Waals surface area contributed by atoms with Crippen LogP contribution in [-0.4, -0.2) is 26.3 Å². The predicted molar refractivity (Wildman–Crippen MR) is 513 cm³/mol. The fourth-order valence-corrected chi connectivity index (χ4v) is 23.7. The second-order valence-corrected chi connectivity index (χ2v) is 35.2. The number of rotatable bonds is 14. The monoisotopic (exact) mass is 1560 g/mol. The third-order valence-corrected chi connectivity index (χ3v) is 29.3. The molecule has 0 amide bonds. The Kier molecular flexibility index (Phi) is 17.9. The summed E-state index contributed by atoms with van der Waals surface area (Å²) in [6.45, 7) is 7.70. The van der Waals surface area contributed by atoms with Gasteiger partial charge in [0, 0.05) is 60.5 Å². The second kappa shape index (κ2) is 30.3. The highest BCUT2D eigenvalue weighted by molar-refractivity contribution is 7.20. The average Bonchev–Trinajstić information content (AvgIpc) is 1.72. The summed E-state index contributed by atoms with van der Waals surface area (Å²) in [5.41, 5.74) is 28.8. The van der Waals surface area contributed by atoms with Crippen molar-refractivity contribution in [3.05, 3.63) is 479 Å². The summed E-state index contributed by atoms with van der Waals surface area (Å²) in [5, 5.41) is 15.0. The maximum atomic E-state index is 7.70. The molecule has 566 valence electrons. The van der Waals surface area contributed by atoms with Gasteiger partial charge in [-0.15, -0.1) is 0 Å². The Bertz CT molecular complexity index is 7810. The summed E-state index contributed by atoms with van der Waals surface area (Å²) in [6, 6.07) is 170. The molecule has 121 heavy (non-hydrogen) atoms. The van der Waals surface area contributed by atoms with Crippen LogP contribution in [0.4, 0.5) is 5.69 Å². The molecule has 4 heterocycles. The molecule has 19 aromatic carbocycles. The van der Waals surface area contributed by atoms with Crippen molar-refractivity contribution >= 4 is 122 Å². The molecule has 0 N–H and O–H groups in total. The van der Waals surface area contributed by atoms with Gasteiger partial charge in [0.25, 0.3) is 0 Å². The molecule has 0 bridgehead atoms. The molecule has 23 aromatic rings. The molecule has 0 radical (unpaired) electrons. The smallest absolute Gasteiger partial charge is 0.188 e. The van der Waals surface area contributed by atoms with Crippen molar-refractivity contribution in [3.63, 3.8) is 0 Å². The molecule has 0 fully saturated rings. The van der Waals surface area contributed by atoms with Crippen LogP contribution in [0, 0.1) is 6.57 Å². The molecule has 4 aromatic heterocycles. The van der Waals surface area contributed by atoms with Crippen LogP contribution < -0.4 is 20.7 Å². The van der Waals surface area contributed by atoms with Crippen LogP contribution in [0.15, 0.2) is 467 Å². The van der Waals surface area contributed by atoms with Crippen LogP contribution in [0.25, 0.3) is 182 Å². The van der Waals surface area contributed by atoms with E-state index in [1.54, 1.807) is 0 Å². The molecule has 0 atom stereocenters. The van der Waals surface area contributed by atoms with E-state index in [4.69, 9.17) is 6.57 Å². The summed E-state index contributed by atoms with van der Waals surface area (Å²) < 4.78 is 9.56. The molecule has 0 saturated carbocycles. The predicted octanol–water partition coefficient (Wildman–Crippen LogP) is 27.7. The first-order valence-electron chi connectivity index (χ1n) is 41.4. The lowest BCUT2D eigenvalue weighted by Crippen LogP contribution is -2.74. The average molecular weight is 1560 g/mol. The van der Waals surface area contributed by atoms with Crippen LogP contribution >= 0.6 is 0 Å². The van der Waals surface area contributed by atoms with Gasteiger partial charge in [-0.3, -0.25) is 0 Å². The lowest BCUT2D eigenvalue weighted by molar-refractivity contribution is 1.18. The molecular formula is C115H77N5Si. The van der Waals surface area contributed by atoms with Crippen molar-refractivity contribution < 1.29 is 0 Å². The highest BCUT2D eigenvalue weighted by Gasteiger charge is 2.42. The second-order valence-electron chi connectivity index (χ2n) is 31.4. The van der Waals surface area contributed by atoms with Crippen LogP contribution in [0.3, 0.4) is 0 Å². The highest BCUT2D eigenvalue weighted by Crippen LogP contribution is 2.44. The first-order chi connectivity index (χ1) is 59.9. The van der Waals surface area contributed by atoms with Crippen molar-refractivity contribution in [2.24, 2.45) is 0 Å². The lowest BCUT2D eigenvalue weighted by Gasteiger charge is -2.34. The number of benzene rings is 19. The fraction of sp³-hybridized carbons (Fsp3) is 0. The fourth-order valence-electron chi connectivity index (χ4n) is 19.0. The van der Waals surface area contributed by atoms with Crippen LogP contribution in [0.2, 0.25) is 0 Å². The molecule has 5 nitrogen and oxygen atoms in total. The number of aromatic nitrogens is 4. The highest BCUT2D eigenvalue weighted by atomic mass is 28.3. The minimum Gasteiger partial charge on any atom is -0.309 e. The summed E-state index contributed by atoms with van der Waals surface area (Å²) in [7, 11) is -2.79. The van der Waals surface area contributed by atoms with E-state index in [0.29, 0.717) is 5.69 Å². The van der Waals surface area contributed by atoms with E-state index in [9.17, 15) is 0 Å². The van der Waals surface area contributed by atoms with Crippen molar-refractivity contribution in [1.29, 1.82) is 0 Å². The SMILES string of the molecule is [C-]#[N+]c1ccc2c(c1)c1cc(-c3ccc4c(c3)c3ccc(-c5cccc(-c6ccccc6)c5)cc3n4-c3ccccc3)ccc1n2-c1ccccc1.c1ccc(-c2cccc(-c3ccc4c5cc(-c6ccc7c(c6)c6cc([Si](c8ccccc8)(c8ccccc8)c8ccccc8)ccc6n7-c6ccccc6)ccc5n(-c5ccccc5)c4c3)c2)cc1. The van der Waals surface area contributed by atoms with E-state index in [1.807, 2.05) is 18.2 Å². The summed E-state index contributed by atoms with van der Waals surface area (Å²) in [5.74, 6) is 0. The van der Waals surface area contributed by atoms with E-state index in [2.05, 4.69) is 472 Å². The maximum Gasteiger partial charge on any atom is 0.188 e. The standard InChI is InChI=1S/C66H46N2Si.C49H31N3/c1-7-20-47(21-8-1)48-22-19-23-49(42-48)52-34-38-59-60-43-50(35-39-63(60)68(66(59)45-52)54-26-11-3-12-27-54)51-36-40-64-61(44-51)62-46-58(37-41-65(62)67(64)53-24-9-2-10-25-53)69(55-28-13-4-14-29-55,56-30-15-5-16-31-56)57-32-17-6-18-33-57;1-50-39-23-27-48-45(32-39)44-30-37(22-26-47(44)51(48)40-16-7-3-8-17-40)36-21-25-46-43(29-36)42-24-20-38(31-49(42)52(46)41-18-9-4-10-19-41)35-15-11-14-34(28-35)33-12-5-2-6-13-33/h1-46H;2-32H. The first-order valence-corrected chi connectivity index (χ1v) is 43.4. The Morgan fingerprint density at radius 1 is 0.157 bits per heavy atom. The van der Waals surface area contributed by atoms with E-state index in [0.717, 1.165) is 55.7 Å². The van der Waals surface area contributed by atoms with Gasteiger partial charge in [0.05, 0.1) is 50.7 Å². The van der Waals surface area contributed by atoms with Crippen LogP contribution in [0.5, 0.6) is 0 Å². The summed E-state index contributed by atoms with van der Waals surface area (Å²) in [6.07, 6.45) is 0. The molecule has 0 aliphatic carbocycles. The van der Waals surface area contributed by atoms with E-state index in [1.165, 1.54) is 142 Å². The molecule has 6 heteroatoms. The van der Waals surface area contributed by atoms with Gasteiger partial charge in [-0.2, -0.15) is 0 Å². The summed E-state index contributed by atoms with van der Waals surface area (Å²) >= 11 is 0. The number of fused-ring (bicyclic) bond motifs is 12. The van der Waals surface area contributed by atoms with Crippen molar-refractivity contribution in [1.82, 2.24) is 18.3 Å². The Labute approximate surface area is 703 Å². The van der Waals surface area contributed by atoms with Gasteiger partial charge in [-0.05, 0) is 232 Å². The van der Waals surface area contributed by atoms with Gasteiger partial charge in [-0.1, -0.05) is 328 Å². The molecule has 0 unspecified atom stereocenters. The number of nitrogens with zero attached hydrogens (tertiary/aromatic N) is 5. The molecule has 0 aliphatic heterocycles. The molecule has 23 rings (SSSR count).